The van der Waals surface area contributed by atoms with Crippen LogP contribution in [0.5, 0.6) is 0 Å². The molecule has 0 saturated carbocycles. The number of hydrogen-bond acceptors (Lipinski definition) is 7. The smallest absolute Gasteiger partial charge is 0.407 e. The second-order valence-corrected chi connectivity index (χ2v) is 12.8. The van der Waals surface area contributed by atoms with E-state index >= 15 is 0 Å². The van der Waals surface area contributed by atoms with Gasteiger partial charge in [-0.05, 0) is 67.3 Å². The lowest BCUT2D eigenvalue weighted by Gasteiger charge is -2.23. The lowest BCUT2D eigenvalue weighted by Crippen LogP contribution is -2.53. The molecule has 12 nitrogen and oxygen atoms in total. The molecule has 0 radical (unpaired) electrons. The summed E-state index contributed by atoms with van der Waals surface area (Å²) in [7, 11) is 0. The van der Waals surface area contributed by atoms with Crippen molar-refractivity contribution in [3.05, 3.63) is 119 Å². The summed E-state index contributed by atoms with van der Waals surface area (Å²) < 4.78 is 10.1. The van der Waals surface area contributed by atoms with E-state index in [9.17, 15) is 24.0 Å². The molecular weight excluding hydrogens is 650 g/mol. The summed E-state index contributed by atoms with van der Waals surface area (Å²) in [6.45, 7) is 7.01. The van der Waals surface area contributed by atoms with Gasteiger partial charge in [0, 0.05) is 24.9 Å². The molecule has 4 aromatic rings. The molecule has 0 bridgehead atoms. The summed E-state index contributed by atoms with van der Waals surface area (Å²) >= 11 is 0. The van der Waals surface area contributed by atoms with Crippen LogP contribution in [0, 0.1) is 0 Å². The number of nitrogens with zero attached hydrogens (tertiary/aromatic N) is 1. The quantitative estimate of drug-likeness (QED) is 0.0960. The number of esters is 1. The minimum atomic E-state index is -1.23. The highest BCUT2D eigenvalue weighted by atomic mass is 16.6. The first-order chi connectivity index (χ1) is 24.3. The number of benzene rings is 4. The van der Waals surface area contributed by atoms with E-state index < -0.39 is 53.3 Å². The summed E-state index contributed by atoms with van der Waals surface area (Å²) in [5, 5.41) is 10.2. The van der Waals surface area contributed by atoms with Crippen LogP contribution in [0.15, 0.2) is 102 Å². The predicted octanol–water partition coefficient (Wildman–Crippen LogP) is 4.38. The van der Waals surface area contributed by atoms with E-state index in [2.05, 4.69) is 20.9 Å². The fourth-order valence-corrected chi connectivity index (χ4v) is 5.13. The van der Waals surface area contributed by atoms with Crippen LogP contribution in [-0.4, -0.2) is 59.9 Å². The van der Waals surface area contributed by atoms with E-state index in [4.69, 9.17) is 15.2 Å². The van der Waals surface area contributed by atoms with Crippen LogP contribution in [0.3, 0.4) is 0 Å². The van der Waals surface area contributed by atoms with Crippen LogP contribution in [-0.2, 0) is 43.2 Å². The zero-order chi connectivity index (χ0) is 37.0. The third-order valence-electron chi connectivity index (χ3n) is 7.51. The maximum atomic E-state index is 14.1. The minimum Gasteiger partial charge on any atom is -0.460 e. The molecule has 4 aromatic carbocycles. The molecule has 0 aliphatic heterocycles. The number of carbonyl (C=O) groups is 5. The number of nitrogens with two attached hydrogens (primary N) is 1. The number of amidine groups is 1. The van der Waals surface area contributed by atoms with Gasteiger partial charge in [-0.3, -0.25) is 14.4 Å². The van der Waals surface area contributed by atoms with E-state index in [1.54, 1.807) is 76.2 Å². The first kappa shape index (κ1) is 37.8. The van der Waals surface area contributed by atoms with Crippen molar-refractivity contribution in [3.8, 4) is 0 Å². The summed E-state index contributed by atoms with van der Waals surface area (Å²) in [6.07, 6.45) is -0.477. The van der Waals surface area contributed by atoms with E-state index in [0.29, 0.717) is 11.1 Å². The molecule has 4 rings (SSSR count). The molecule has 0 aromatic heterocycles. The number of carbonyl (C=O) groups excluding carboxylic acids is 5. The number of aliphatic imine (C=N–C) groups is 1. The molecule has 2 atom stereocenters. The predicted molar refractivity (Wildman–Crippen MR) is 194 cm³/mol. The molecule has 51 heavy (non-hydrogen) atoms. The zero-order valence-corrected chi connectivity index (χ0v) is 29.1. The average Bonchev–Trinajstić information content (AvgIpc) is 3.10. The van der Waals surface area contributed by atoms with Crippen molar-refractivity contribution in [2.24, 2.45) is 10.7 Å². The Morgan fingerprint density at radius 3 is 2.12 bits per heavy atom. The number of amides is 4. The topological polar surface area (TPSA) is 178 Å². The molecule has 0 aliphatic rings. The summed E-state index contributed by atoms with van der Waals surface area (Å²) in [6, 6.07) is 26.7. The van der Waals surface area contributed by atoms with E-state index in [1.807, 2.05) is 48.5 Å². The van der Waals surface area contributed by atoms with Gasteiger partial charge in [-0.2, -0.15) is 4.99 Å². The van der Waals surface area contributed by atoms with E-state index in [0.717, 1.165) is 16.3 Å². The Labute approximate surface area is 296 Å². The molecule has 0 saturated heterocycles. The Hall–Kier alpha value is -6.04. The van der Waals surface area contributed by atoms with Crippen LogP contribution < -0.4 is 21.7 Å². The van der Waals surface area contributed by atoms with Crippen molar-refractivity contribution in [1.82, 2.24) is 16.0 Å². The van der Waals surface area contributed by atoms with Gasteiger partial charge in [-0.1, -0.05) is 84.9 Å². The number of ether oxygens (including phenoxy) is 2. The lowest BCUT2D eigenvalue weighted by molar-refractivity contribution is -0.135. The average molecular weight is 694 g/mol. The summed E-state index contributed by atoms with van der Waals surface area (Å²) in [4.78, 5) is 69.1. The number of fused-ring (bicyclic) bond motifs is 1. The maximum Gasteiger partial charge on any atom is 0.407 e. The van der Waals surface area contributed by atoms with Gasteiger partial charge in [0.2, 0.25) is 11.7 Å². The Morgan fingerprint density at radius 1 is 0.745 bits per heavy atom. The van der Waals surface area contributed by atoms with Crippen LogP contribution in [0.25, 0.3) is 10.8 Å². The van der Waals surface area contributed by atoms with Gasteiger partial charge in [0.1, 0.15) is 17.7 Å². The second kappa shape index (κ2) is 17.6. The standard InChI is InChI=1S/C39H43N5O7/c1-5-50-37(48)33(40)44-36(47)31(22-25-12-7-6-8-13-25)43-35(46)32(23-26-18-19-28-15-9-10-16-29(28)20-26)42-34(45)30-17-11-14-27(21-30)24-41-38(49)51-39(2,3)4/h6-21,31-32H,5,22-24H2,1-4H3,(H,41,49)(H,42,45)(H,43,46)(H2,40,44,47)/t31-,32?/m1/s1. The molecule has 1 unspecified atom stereocenters. The Morgan fingerprint density at radius 2 is 1.41 bits per heavy atom. The fourth-order valence-electron chi connectivity index (χ4n) is 5.13. The van der Waals surface area contributed by atoms with Gasteiger partial charge < -0.3 is 31.2 Å². The van der Waals surface area contributed by atoms with Crippen LogP contribution in [0.1, 0.15) is 54.7 Å². The number of nitrogens with one attached hydrogen (secondary N) is 3. The Kier molecular flexibility index (Phi) is 13.0. The highest BCUT2D eigenvalue weighted by Gasteiger charge is 2.29. The Balaban J connectivity index is 1.60. The van der Waals surface area contributed by atoms with Gasteiger partial charge in [0.05, 0.1) is 6.61 Å². The molecule has 12 heteroatoms. The normalized spacial score (nSPS) is 12.7. The molecule has 0 fully saturated rings. The largest absolute Gasteiger partial charge is 0.460 e. The van der Waals surface area contributed by atoms with Gasteiger partial charge >= 0.3 is 12.1 Å². The highest BCUT2D eigenvalue weighted by Crippen LogP contribution is 2.18. The van der Waals surface area contributed by atoms with Crippen molar-refractivity contribution >= 4 is 46.4 Å². The number of alkyl carbamates (subject to hydrolysis) is 1. The Bertz CT molecular complexity index is 1900. The molecule has 0 spiro atoms. The van der Waals surface area contributed by atoms with Crippen LogP contribution in [0.4, 0.5) is 4.79 Å². The van der Waals surface area contributed by atoms with Crippen molar-refractivity contribution in [3.63, 3.8) is 0 Å². The van der Waals surface area contributed by atoms with Crippen molar-refractivity contribution < 1.29 is 33.4 Å². The second-order valence-electron chi connectivity index (χ2n) is 12.8. The lowest BCUT2D eigenvalue weighted by atomic mass is 9.99. The third-order valence-corrected chi connectivity index (χ3v) is 7.51. The maximum absolute atomic E-state index is 14.1. The van der Waals surface area contributed by atoms with Gasteiger partial charge in [-0.15, -0.1) is 0 Å². The highest BCUT2D eigenvalue weighted by molar-refractivity contribution is 6.36. The molecular formula is C39H43N5O7. The van der Waals surface area contributed by atoms with Gasteiger partial charge in [0.25, 0.3) is 11.8 Å². The van der Waals surface area contributed by atoms with Crippen molar-refractivity contribution in [1.29, 1.82) is 0 Å². The van der Waals surface area contributed by atoms with Crippen molar-refractivity contribution in [2.45, 2.75) is 64.8 Å². The SMILES string of the molecule is CCOC(=O)C(N)=NC(=O)[C@@H](Cc1ccccc1)NC(=O)C(Cc1ccc2ccccc2c1)NC(=O)c1cccc(CNC(=O)OC(C)(C)C)c1. The van der Waals surface area contributed by atoms with Gasteiger partial charge in [0.15, 0.2) is 0 Å². The summed E-state index contributed by atoms with van der Waals surface area (Å²) in [5.41, 5.74) is 7.43. The van der Waals surface area contributed by atoms with Crippen molar-refractivity contribution in [2.75, 3.05) is 6.61 Å². The zero-order valence-electron chi connectivity index (χ0n) is 29.1. The van der Waals surface area contributed by atoms with E-state index in [1.165, 1.54) is 0 Å². The molecule has 4 amide bonds. The first-order valence-corrected chi connectivity index (χ1v) is 16.5. The fraction of sp³-hybridized carbons (Fsp3) is 0.282. The number of hydrogen-bond donors (Lipinski definition) is 4. The molecule has 0 aliphatic carbocycles. The molecule has 0 heterocycles. The molecule has 5 N–H and O–H groups in total. The monoisotopic (exact) mass is 693 g/mol. The number of rotatable bonds is 12. The van der Waals surface area contributed by atoms with Gasteiger partial charge in [-0.25, -0.2) is 9.59 Å². The van der Waals surface area contributed by atoms with E-state index in [-0.39, 0.29) is 31.6 Å². The van der Waals surface area contributed by atoms with Crippen LogP contribution >= 0.6 is 0 Å². The summed E-state index contributed by atoms with van der Waals surface area (Å²) in [5.74, 6) is -3.67. The third kappa shape index (κ3) is 11.8. The molecule has 266 valence electrons. The first-order valence-electron chi connectivity index (χ1n) is 16.5. The minimum absolute atomic E-state index is 0.0345. The van der Waals surface area contributed by atoms with Crippen LogP contribution in [0.2, 0.25) is 0 Å².